The molecule has 0 saturated heterocycles. The van der Waals surface area contributed by atoms with Gasteiger partial charge in [-0.05, 0) is 83.4 Å². The van der Waals surface area contributed by atoms with E-state index in [4.69, 9.17) is 9.84 Å². The van der Waals surface area contributed by atoms with E-state index in [1.54, 1.807) is 12.1 Å². The van der Waals surface area contributed by atoms with Crippen molar-refractivity contribution in [3.05, 3.63) is 69.8 Å². The number of benzene rings is 2. The Morgan fingerprint density at radius 3 is 2.19 bits per heavy atom. The number of aryl methyl sites for hydroxylation is 1. The number of rotatable bonds is 8. The summed E-state index contributed by atoms with van der Waals surface area (Å²) >= 11 is 0. The zero-order valence-corrected chi connectivity index (χ0v) is 19.6. The number of carbonyl (C=O) groups is 1. The summed E-state index contributed by atoms with van der Waals surface area (Å²) in [7, 11) is 0. The zero-order valence-electron chi connectivity index (χ0n) is 19.6. The van der Waals surface area contributed by atoms with Gasteiger partial charge in [0.15, 0.2) is 0 Å². The third kappa shape index (κ3) is 5.46. The molecular formula is C28H36O3. The molecule has 0 radical (unpaired) electrons. The smallest absolute Gasteiger partial charge is 0.335 e. The molecule has 3 rings (SSSR count). The number of aromatic carboxylic acids is 1. The minimum absolute atomic E-state index is 0.167. The highest BCUT2D eigenvalue weighted by Gasteiger charge is 2.37. The van der Waals surface area contributed by atoms with Crippen molar-refractivity contribution in [3.8, 4) is 0 Å². The van der Waals surface area contributed by atoms with Crippen LogP contribution in [-0.4, -0.2) is 24.3 Å². The fourth-order valence-electron chi connectivity index (χ4n) is 4.48. The van der Waals surface area contributed by atoms with Crippen molar-refractivity contribution in [3.63, 3.8) is 0 Å². The van der Waals surface area contributed by atoms with Crippen molar-refractivity contribution in [2.24, 2.45) is 0 Å². The molecule has 0 amide bonds. The average Bonchev–Trinajstić information content (AvgIpc) is 2.73. The molecule has 1 N–H and O–H groups in total. The Morgan fingerprint density at radius 2 is 1.61 bits per heavy atom. The van der Waals surface area contributed by atoms with Crippen LogP contribution in [0.1, 0.15) is 92.1 Å². The van der Waals surface area contributed by atoms with Crippen LogP contribution in [0.4, 0.5) is 0 Å². The van der Waals surface area contributed by atoms with Crippen molar-refractivity contribution in [1.82, 2.24) is 0 Å². The molecule has 0 aliphatic heterocycles. The molecule has 2 aromatic rings. The van der Waals surface area contributed by atoms with E-state index >= 15 is 0 Å². The Labute approximate surface area is 187 Å². The molecule has 3 nitrogen and oxygen atoms in total. The summed E-state index contributed by atoms with van der Waals surface area (Å²) in [6.45, 7) is 13.0. The fraction of sp³-hybridized carbons (Fsp3) is 0.464. The quantitative estimate of drug-likeness (QED) is 0.374. The highest BCUT2D eigenvalue weighted by atomic mass is 16.5. The van der Waals surface area contributed by atoms with Crippen LogP contribution in [0.5, 0.6) is 0 Å². The second-order valence-electron chi connectivity index (χ2n) is 9.93. The van der Waals surface area contributed by atoms with Crippen LogP contribution in [0.15, 0.2) is 36.4 Å². The predicted octanol–water partition coefficient (Wildman–Crippen LogP) is 6.87. The number of hydrogen-bond donors (Lipinski definition) is 1. The largest absolute Gasteiger partial charge is 0.478 e. The molecule has 1 aliphatic carbocycles. The minimum Gasteiger partial charge on any atom is -0.478 e. The Bertz CT molecular complexity index is 949. The van der Waals surface area contributed by atoms with Gasteiger partial charge in [0, 0.05) is 13.2 Å². The highest BCUT2D eigenvalue weighted by Crippen LogP contribution is 2.46. The lowest BCUT2D eigenvalue weighted by Gasteiger charge is -2.42. The first-order valence-electron chi connectivity index (χ1n) is 11.4. The van der Waals surface area contributed by atoms with Gasteiger partial charge in [-0.1, -0.05) is 64.1 Å². The van der Waals surface area contributed by atoms with E-state index in [9.17, 15) is 4.79 Å². The first-order chi connectivity index (χ1) is 14.6. The molecule has 3 heteroatoms. The van der Waals surface area contributed by atoms with Crippen LogP contribution in [0.25, 0.3) is 12.2 Å². The molecule has 1 aliphatic rings. The molecule has 2 aromatic carbocycles. The monoisotopic (exact) mass is 420 g/mol. The molecule has 0 heterocycles. The van der Waals surface area contributed by atoms with Gasteiger partial charge >= 0.3 is 5.97 Å². The number of fused-ring (bicyclic) bond motifs is 1. The highest BCUT2D eigenvalue weighted by molar-refractivity contribution is 5.88. The Balaban J connectivity index is 1.98. The van der Waals surface area contributed by atoms with E-state index in [1.165, 1.54) is 35.1 Å². The summed E-state index contributed by atoms with van der Waals surface area (Å²) < 4.78 is 5.58. The maximum absolute atomic E-state index is 11.1. The maximum atomic E-state index is 11.1. The summed E-state index contributed by atoms with van der Waals surface area (Å²) in [6, 6.07) is 11.9. The van der Waals surface area contributed by atoms with Crippen molar-refractivity contribution in [1.29, 1.82) is 0 Å². The normalized spacial score (nSPS) is 16.9. The van der Waals surface area contributed by atoms with Crippen molar-refractivity contribution < 1.29 is 14.6 Å². The SMILES string of the molecule is CCOCCCc1cc2c(cc1C=Cc1ccc(C(=O)O)cc1)C(C)(C)CCC2(C)C. The third-order valence-corrected chi connectivity index (χ3v) is 6.66. The van der Waals surface area contributed by atoms with Crippen LogP contribution >= 0.6 is 0 Å². The molecule has 31 heavy (non-hydrogen) atoms. The Kier molecular flexibility index (Phi) is 7.06. The lowest BCUT2D eigenvalue weighted by molar-refractivity contribution is 0.0697. The van der Waals surface area contributed by atoms with Crippen LogP contribution in [0.2, 0.25) is 0 Å². The van der Waals surface area contributed by atoms with Crippen molar-refractivity contribution in [2.45, 2.75) is 71.1 Å². The predicted molar refractivity (Wildman–Crippen MR) is 129 cm³/mol. The molecule has 0 fully saturated rings. The van der Waals surface area contributed by atoms with Gasteiger partial charge in [-0.25, -0.2) is 4.79 Å². The van der Waals surface area contributed by atoms with Crippen LogP contribution in [0.3, 0.4) is 0 Å². The van der Waals surface area contributed by atoms with Gasteiger partial charge in [-0.15, -0.1) is 0 Å². The van der Waals surface area contributed by atoms with Crippen LogP contribution in [0, 0.1) is 0 Å². The number of hydrogen-bond acceptors (Lipinski definition) is 2. The van der Waals surface area contributed by atoms with E-state index in [0.717, 1.165) is 31.6 Å². The first kappa shape index (κ1) is 23.3. The van der Waals surface area contributed by atoms with Crippen molar-refractivity contribution in [2.75, 3.05) is 13.2 Å². The standard InChI is InChI=1S/C28H36O3/c1-6-31-17-7-8-22-18-24-25(28(4,5)16-15-27(24,2)3)19-23(22)14-11-20-9-12-21(13-10-20)26(29)30/h9-14,18-19H,6-8,15-17H2,1-5H3,(H,29,30). The van der Waals surface area contributed by atoms with E-state index < -0.39 is 5.97 Å². The van der Waals surface area contributed by atoms with E-state index in [2.05, 4.69) is 52.0 Å². The summed E-state index contributed by atoms with van der Waals surface area (Å²) in [6.07, 6.45) is 8.66. The number of ether oxygens (including phenoxy) is 1. The van der Waals surface area contributed by atoms with Gasteiger partial charge < -0.3 is 9.84 Å². The Hall–Kier alpha value is -2.39. The Morgan fingerprint density at radius 1 is 1.00 bits per heavy atom. The molecule has 166 valence electrons. The summed E-state index contributed by atoms with van der Waals surface area (Å²) in [5.41, 5.74) is 7.23. The topological polar surface area (TPSA) is 46.5 Å². The summed E-state index contributed by atoms with van der Waals surface area (Å²) in [5, 5.41) is 9.12. The van der Waals surface area contributed by atoms with Crippen LogP contribution < -0.4 is 0 Å². The molecule has 0 spiro atoms. The lowest BCUT2D eigenvalue weighted by atomic mass is 9.62. The lowest BCUT2D eigenvalue weighted by Crippen LogP contribution is -2.34. The average molecular weight is 421 g/mol. The maximum Gasteiger partial charge on any atom is 0.335 e. The second-order valence-corrected chi connectivity index (χ2v) is 9.93. The number of carboxylic acid groups (broad SMARTS) is 1. The van der Waals surface area contributed by atoms with Crippen molar-refractivity contribution >= 4 is 18.1 Å². The van der Waals surface area contributed by atoms with Gasteiger partial charge in [0.1, 0.15) is 0 Å². The van der Waals surface area contributed by atoms with E-state index in [-0.39, 0.29) is 10.8 Å². The third-order valence-electron chi connectivity index (χ3n) is 6.66. The molecule has 0 saturated carbocycles. The number of carboxylic acids is 1. The molecule has 0 atom stereocenters. The molecule has 0 bridgehead atoms. The van der Waals surface area contributed by atoms with Gasteiger partial charge in [-0.3, -0.25) is 0 Å². The van der Waals surface area contributed by atoms with Gasteiger partial charge in [0.25, 0.3) is 0 Å². The van der Waals surface area contributed by atoms with Gasteiger partial charge in [-0.2, -0.15) is 0 Å². The summed E-state index contributed by atoms with van der Waals surface area (Å²) in [5.74, 6) is -0.897. The second kappa shape index (κ2) is 9.40. The van der Waals surface area contributed by atoms with E-state index in [0.29, 0.717) is 5.56 Å². The zero-order chi connectivity index (χ0) is 22.6. The molecular weight excluding hydrogens is 384 g/mol. The minimum atomic E-state index is -0.897. The summed E-state index contributed by atoms with van der Waals surface area (Å²) in [4.78, 5) is 11.1. The molecule has 0 unspecified atom stereocenters. The molecule has 0 aromatic heterocycles. The van der Waals surface area contributed by atoms with Gasteiger partial charge in [0.05, 0.1) is 5.56 Å². The fourth-order valence-corrected chi connectivity index (χ4v) is 4.48. The van der Waals surface area contributed by atoms with E-state index in [1.807, 2.05) is 19.1 Å². The van der Waals surface area contributed by atoms with Gasteiger partial charge in [0.2, 0.25) is 0 Å². The first-order valence-corrected chi connectivity index (χ1v) is 11.4. The van der Waals surface area contributed by atoms with Crippen LogP contribution in [-0.2, 0) is 22.0 Å².